The van der Waals surface area contributed by atoms with Crippen LogP contribution in [0.25, 0.3) is 32.5 Å². The SMILES string of the molecule is COCCOc1cc(F)ccc1-c1c(-c2c[nH]nc2C2CNC2)nc(Cl)c2ccsc12. The van der Waals surface area contributed by atoms with E-state index in [1.165, 1.54) is 12.1 Å². The van der Waals surface area contributed by atoms with Crippen LogP contribution in [-0.2, 0) is 4.74 Å². The molecule has 1 saturated heterocycles. The van der Waals surface area contributed by atoms with Crippen LogP contribution in [0.4, 0.5) is 4.39 Å². The van der Waals surface area contributed by atoms with E-state index in [-0.39, 0.29) is 5.82 Å². The first-order valence-corrected chi connectivity index (χ1v) is 11.2. The van der Waals surface area contributed by atoms with Gasteiger partial charge in [0.05, 0.1) is 18.0 Å². The van der Waals surface area contributed by atoms with Crippen molar-refractivity contribution in [3.05, 3.63) is 52.5 Å². The van der Waals surface area contributed by atoms with Gasteiger partial charge in [-0.1, -0.05) is 11.6 Å². The Kier molecular flexibility index (Phi) is 5.62. The summed E-state index contributed by atoms with van der Waals surface area (Å²) in [6, 6.07) is 6.51. The standard InChI is InChI=1S/C22H20ClFN4O2S/c1-29-5-6-30-17-8-13(24)2-3-14(17)18-20(27-22(23)15-4-7-31-21(15)18)16-11-26-28-19(16)12-9-25-10-12/h2-4,7-8,11-12,25H,5-6,9-10H2,1H3,(H,26,28). The number of nitrogens with zero attached hydrogens (tertiary/aromatic N) is 2. The zero-order valence-electron chi connectivity index (χ0n) is 16.7. The summed E-state index contributed by atoms with van der Waals surface area (Å²) in [5, 5.41) is 14.0. The number of nitrogens with one attached hydrogen (secondary N) is 2. The van der Waals surface area contributed by atoms with E-state index in [4.69, 9.17) is 26.1 Å². The molecule has 6 nitrogen and oxygen atoms in total. The maximum absolute atomic E-state index is 14.1. The smallest absolute Gasteiger partial charge is 0.138 e. The molecular formula is C22H20ClFN4O2S. The fourth-order valence-electron chi connectivity index (χ4n) is 3.77. The lowest BCUT2D eigenvalue weighted by Gasteiger charge is -2.26. The first-order valence-electron chi connectivity index (χ1n) is 9.90. The Labute approximate surface area is 187 Å². The Morgan fingerprint density at radius 2 is 2.10 bits per heavy atom. The van der Waals surface area contributed by atoms with Gasteiger partial charge in [0.2, 0.25) is 0 Å². The summed E-state index contributed by atoms with van der Waals surface area (Å²) >= 11 is 8.14. The van der Waals surface area contributed by atoms with E-state index in [1.54, 1.807) is 24.5 Å². The highest BCUT2D eigenvalue weighted by Crippen LogP contribution is 2.46. The normalized spacial score (nSPS) is 14.2. The molecule has 3 aromatic heterocycles. The molecule has 9 heteroatoms. The molecule has 0 atom stereocenters. The molecule has 0 aliphatic carbocycles. The number of thiophene rings is 1. The van der Waals surface area contributed by atoms with E-state index in [9.17, 15) is 4.39 Å². The number of hydrogen-bond donors (Lipinski definition) is 2. The minimum absolute atomic E-state index is 0.305. The van der Waals surface area contributed by atoms with Crippen molar-refractivity contribution < 1.29 is 13.9 Å². The summed E-state index contributed by atoms with van der Waals surface area (Å²) in [4.78, 5) is 4.77. The highest BCUT2D eigenvalue weighted by atomic mass is 35.5. The van der Waals surface area contributed by atoms with Gasteiger partial charge >= 0.3 is 0 Å². The van der Waals surface area contributed by atoms with Gasteiger partial charge in [0, 0.05) is 65.2 Å². The monoisotopic (exact) mass is 458 g/mol. The van der Waals surface area contributed by atoms with E-state index in [2.05, 4.69) is 15.5 Å². The average Bonchev–Trinajstić information content (AvgIpc) is 3.38. The third kappa shape index (κ3) is 3.70. The van der Waals surface area contributed by atoms with E-state index in [1.807, 2.05) is 17.6 Å². The molecule has 4 heterocycles. The maximum Gasteiger partial charge on any atom is 0.138 e. The molecule has 160 valence electrons. The van der Waals surface area contributed by atoms with Crippen LogP contribution in [-0.4, -0.2) is 48.6 Å². The van der Waals surface area contributed by atoms with Crippen molar-refractivity contribution >= 4 is 33.0 Å². The topological polar surface area (TPSA) is 72.1 Å². The molecule has 4 aromatic rings. The van der Waals surface area contributed by atoms with Crippen molar-refractivity contribution in [2.45, 2.75) is 5.92 Å². The number of hydrogen-bond acceptors (Lipinski definition) is 6. The van der Waals surface area contributed by atoms with Crippen molar-refractivity contribution in [1.82, 2.24) is 20.5 Å². The highest BCUT2D eigenvalue weighted by Gasteiger charge is 2.28. The molecule has 1 fully saturated rings. The molecule has 0 spiro atoms. The van der Waals surface area contributed by atoms with Crippen LogP contribution >= 0.6 is 22.9 Å². The largest absolute Gasteiger partial charge is 0.490 e. The van der Waals surface area contributed by atoms with E-state index in [0.717, 1.165) is 45.6 Å². The quantitative estimate of drug-likeness (QED) is 0.306. The zero-order valence-corrected chi connectivity index (χ0v) is 18.3. The van der Waals surface area contributed by atoms with Crippen LogP contribution in [0.1, 0.15) is 11.6 Å². The number of ether oxygens (including phenoxy) is 2. The minimum atomic E-state index is -0.369. The van der Waals surface area contributed by atoms with Gasteiger partial charge < -0.3 is 14.8 Å². The number of benzene rings is 1. The summed E-state index contributed by atoms with van der Waals surface area (Å²) in [5.74, 6) is 0.374. The van der Waals surface area contributed by atoms with Crippen LogP contribution < -0.4 is 10.1 Å². The molecule has 0 radical (unpaired) electrons. The summed E-state index contributed by atoms with van der Waals surface area (Å²) in [6.45, 7) is 2.44. The Morgan fingerprint density at radius 1 is 1.23 bits per heavy atom. The second-order valence-corrected chi connectivity index (χ2v) is 8.58. The Morgan fingerprint density at radius 3 is 2.87 bits per heavy atom. The van der Waals surface area contributed by atoms with Crippen molar-refractivity contribution in [1.29, 1.82) is 0 Å². The molecule has 2 N–H and O–H groups in total. The lowest BCUT2D eigenvalue weighted by atomic mass is 9.91. The lowest BCUT2D eigenvalue weighted by Crippen LogP contribution is -2.40. The van der Waals surface area contributed by atoms with Gasteiger partial charge in [-0.25, -0.2) is 9.37 Å². The van der Waals surface area contributed by atoms with Crippen LogP contribution in [0.15, 0.2) is 35.8 Å². The molecule has 1 aliphatic rings. The third-order valence-electron chi connectivity index (χ3n) is 5.41. The van der Waals surface area contributed by atoms with Gasteiger partial charge in [0.1, 0.15) is 23.3 Å². The van der Waals surface area contributed by atoms with Crippen LogP contribution in [0.3, 0.4) is 0 Å². The Balaban J connectivity index is 1.74. The van der Waals surface area contributed by atoms with E-state index >= 15 is 0 Å². The maximum atomic E-state index is 14.1. The summed E-state index contributed by atoms with van der Waals surface area (Å²) in [6.07, 6.45) is 1.85. The molecule has 0 bridgehead atoms. The van der Waals surface area contributed by atoms with Gasteiger partial charge in [-0.05, 0) is 23.6 Å². The fraction of sp³-hybridized carbons (Fsp3) is 0.273. The average molecular weight is 459 g/mol. The third-order valence-corrected chi connectivity index (χ3v) is 6.63. The predicted molar refractivity (Wildman–Crippen MR) is 121 cm³/mol. The van der Waals surface area contributed by atoms with Gasteiger partial charge in [-0.15, -0.1) is 11.3 Å². The predicted octanol–water partition coefficient (Wildman–Crippen LogP) is 4.86. The second kappa shape index (κ2) is 8.55. The number of aromatic nitrogens is 3. The molecule has 5 rings (SSSR count). The number of halogens is 2. The van der Waals surface area contributed by atoms with Gasteiger partial charge in [0.15, 0.2) is 0 Å². The van der Waals surface area contributed by atoms with Gasteiger partial charge in [0.25, 0.3) is 0 Å². The highest BCUT2D eigenvalue weighted by molar-refractivity contribution is 7.18. The minimum Gasteiger partial charge on any atom is -0.490 e. The number of aromatic amines is 1. The second-order valence-electron chi connectivity index (χ2n) is 7.31. The molecule has 0 saturated carbocycles. The summed E-state index contributed by atoms with van der Waals surface area (Å²) in [5.41, 5.74) is 4.16. The number of fused-ring (bicyclic) bond motifs is 1. The van der Waals surface area contributed by atoms with Gasteiger partial charge in [-0.2, -0.15) is 5.10 Å². The molecule has 0 unspecified atom stereocenters. The number of rotatable bonds is 7. The van der Waals surface area contributed by atoms with Crippen molar-refractivity contribution in [3.8, 4) is 28.1 Å². The van der Waals surface area contributed by atoms with Crippen molar-refractivity contribution in [2.24, 2.45) is 0 Å². The van der Waals surface area contributed by atoms with Crippen molar-refractivity contribution in [3.63, 3.8) is 0 Å². The zero-order chi connectivity index (χ0) is 21.4. The van der Waals surface area contributed by atoms with E-state index < -0.39 is 0 Å². The van der Waals surface area contributed by atoms with Crippen LogP contribution in [0.2, 0.25) is 5.15 Å². The summed E-state index contributed by atoms with van der Waals surface area (Å²) in [7, 11) is 1.60. The van der Waals surface area contributed by atoms with Crippen molar-refractivity contribution in [2.75, 3.05) is 33.4 Å². The Hall–Kier alpha value is -2.52. The first kappa shape index (κ1) is 20.4. The summed E-state index contributed by atoms with van der Waals surface area (Å²) < 4.78 is 26.1. The molecular weight excluding hydrogens is 439 g/mol. The first-order chi connectivity index (χ1) is 15.2. The number of H-pyrrole nitrogens is 1. The fourth-order valence-corrected chi connectivity index (χ4v) is 5.03. The van der Waals surface area contributed by atoms with Gasteiger partial charge in [-0.3, -0.25) is 5.10 Å². The molecule has 31 heavy (non-hydrogen) atoms. The van der Waals surface area contributed by atoms with Crippen LogP contribution in [0.5, 0.6) is 5.75 Å². The lowest BCUT2D eigenvalue weighted by molar-refractivity contribution is 0.146. The Bertz CT molecular complexity index is 1240. The number of pyridine rings is 1. The number of methoxy groups -OCH3 is 1. The van der Waals surface area contributed by atoms with Crippen LogP contribution in [0, 0.1) is 5.82 Å². The molecule has 1 aromatic carbocycles. The molecule has 1 aliphatic heterocycles. The molecule has 0 amide bonds. The van der Waals surface area contributed by atoms with E-state index in [0.29, 0.717) is 35.7 Å².